The highest BCUT2D eigenvalue weighted by molar-refractivity contribution is 5.15. The Balaban J connectivity index is 0.00000169. The zero-order valence-corrected chi connectivity index (χ0v) is 9.33. The summed E-state index contributed by atoms with van der Waals surface area (Å²) in [5.74, 6) is 0. The lowest BCUT2D eigenvalue weighted by atomic mass is 9.85. The van der Waals surface area contributed by atoms with E-state index in [9.17, 15) is 5.11 Å². The summed E-state index contributed by atoms with van der Waals surface area (Å²) in [7, 11) is 0. The van der Waals surface area contributed by atoms with E-state index in [-0.39, 0.29) is 17.7 Å². The van der Waals surface area contributed by atoms with Crippen LogP contribution in [0.15, 0.2) is 30.3 Å². The molecule has 0 spiro atoms. The number of benzene rings is 1. The number of hydrogen-bond acceptors (Lipinski definition) is 2. The molecular weight excluding hydrogens is 174 g/mol. The first-order chi connectivity index (χ1) is 6.00. The van der Waals surface area contributed by atoms with Crippen LogP contribution in [0.25, 0.3) is 0 Å². The van der Waals surface area contributed by atoms with Gasteiger partial charge in [0.15, 0.2) is 0 Å². The third-order valence-electron chi connectivity index (χ3n) is 2.27. The van der Waals surface area contributed by atoms with Crippen LogP contribution in [0, 0.1) is 5.41 Å². The average Bonchev–Trinajstić information content (AvgIpc) is 2.04. The molecule has 0 saturated carbocycles. The third-order valence-corrected chi connectivity index (χ3v) is 2.27. The highest BCUT2D eigenvalue weighted by Crippen LogP contribution is 2.22. The van der Waals surface area contributed by atoms with E-state index < -0.39 is 0 Å². The summed E-state index contributed by atoms with van der Waals surface area (Å²) in [6.07, 6.45) is 0.472. The van der Waals surface area contributed by atoms with Gasteiger partial charge in [-0.25, -0.2) is 0 Å². The maximum atomic E-state index is 9.84. The van der Waals surface area contributed by atoms with Crippen LogP contribution in [0.4, 0.5) is 0 Å². The molecule has 0 bridgehead atoms. The Labute approximate surface area is 86.6 Å². The van der Waals surface area contributed by atoms with Gasteiger partial charge in [0, 0.05) is 0 Å². The Morgan fingerprint density at radius 2 is 1.64 bits per heavy atom. The van der Waals surface area contributed by atoms with Gasteiger partial charge in [-0.05, 0) is 17.4 Å². The van der Waals surface area contributed by atoms with Crippen molar-refractivity contribution in [3.63, 3.8) is 0 Å². The number of aliphatic hydroxyl groups is 1. The van der Waals surface area contributed by atoms with Gasteiger partial charge in [-0.2, -0.15) is 0 Å². The van der Waals surface area contributed by atoms with E-state index in [0.29, 0.717) is 0 Å². The maximum Gasteiger partial charge on any atom is 0.0628 e. The van der Waals surface area contributed by atoms with Crippen LogP contribution < -0.4 is 6.15 Å². The Hall–Kier alpha value is -0.860. The van der Waals surface area contributed by atoms with Gasteiger partial charge in [-0.1, -0.05) is 51.1 Å². The van der Waals surface area contributed by atoms with Crippen molar-refractivity contribution in [3.8, 4) is 0 Å². The highest BCUT2D eigenvalue weighted by atomic mass is 16.3. The molecule has 0 aromatic heterocycles. The summed E-state index contributed by atoms with van der Waals surface area (Å²) in [5.41, 5.74) is 1.17. The van der Waals surface area contributed by atoms with Gasteiger partial charge in [-0.3, -0.25) is 0 Å². The van der Waals surface area contributed by atoms with Gasteiger partial charge in [0.05, 0.1) is 6.10 Å². The molecule has 4 N–H and O–H groups in total. The lowest BCUT2D eigenvalue weighted by Gasteiger charge is -2.25. The number of aliphatic hydroxyl groups excluding tert-OH is 1. The van der Waals surface area contributed by atoms with Crippen molar-refractivity contribution in [1.82, 2.24) is 6.15 Å². The summed E-state index contributed by atoms with van der Waals surface area (Å²) in [6, 6.07) is 10.1. The summed E-state index contributed by atoms with van der Waals surface area (Å²) in [4.78, 5) is 0. The summed E-state index contributed by atoms with van der Waals surface area (Å²) in [5, 5.41) is 9.84. The molecule has 0 amide bonds. The first-order valence-electron chi connectivity index (χ1n) is 4.72. The van der Waals surface area contributed by atoms with Crippen molar-refractivity contribution in [1.29, 1.82) is 0 Å². The molecule has 0 heterocycles. The predicted octanol–water partition coefficient (Wildman–Crippen LogP) is 2.80. The molecular formula is C12H21NO. The van der Waals surface area contributed by atoms with Crippen molar-refractivity contribution in [3.05, 3.63) is 35.9 Å². The van der Waals surface area contributed by atoms with Crippen LogP contribution in [-0.2, 0) is 6.42 Å². The molecule has 1 atom stereocenters. The molecule has 1 aromatic carbocycles. The molecule has 80 valence electrons. The van der Waals surface area contributed by atoms with Crippen LogP contribution in [0.2, 0.25) is 0 Å². The van der Waals surface area contributed by atoms with E-state index in [0.717, 1.165) is 6.42 Å². The average molecular weight is 195 g/mol. The normalized spacial score (nSPS) is 13.1. The van der Waals surface area contributed by atoms with Crippen molar-refractivity contribution >= 4 is 0 Å². The minimum atomic E-state index is -0.269. The number of rotatable bonds is 2. The molecule has 0 aliphatic heterocycles. The van der Waals surface area contributed by atoms with Gasteiger partial charge < -0.3 is 11.3 Å². The second-order valence-electron chi connectivity index (χ2n) is 4.57. The molecule has 2 nitrogen and oxygen atoms in total. The van der Waals surface area contributed by atoms with Crippen molar-refractivity contribution in [2.75, 3.05) is 0 Å². The van der Waals surface area contributed by atoms with Crippen LogP contribution in [0.5, 0.6) is 0 Å². The van der Waals surface area contributed by atoms with Crippen LogP contribution >= 0.6 is 0 Å². The third kappa shape index (κ3) is 3.90. The largest absolute Gasteiger partial charge is 0.392 e. The fourth-order valence-corrected chi connectivity index (χ4v) is 1.14. The van der Waals surface area contributed by atoms with E-state index in [1.54, 1.807) is 0 Å². The minimum absolute atomic E-state index is 0. The number of hydrogen-bond donors (Lipinski definition) is 2. The molecule has 1 rings (SSSR count). The Kier molecular flexibility index (Phi) is 4.81. The first-order valence-corrected chi connectivity index (χ1v) is 4.72. The molecule has 0 saturated heterocycles. The lowest BCUT2D eigenvalue weighted by Crippen LogP contribution is -2.27. The SMILES string of the molecule is CC(C)(C)C(O)Cc1ccccc1.N. The summed E-state index contributed by atoms with van der Waals surface area (Å²) >= 11 is 0. The maximum absolute atomic E-state index is 9.84. The van der Waals surface area contributed by atoms with Gasteiger partial charge in [-0.15, -0.1) is 0 Å². The van der Waals surface area contributed by atoms with Gasteiger partial charge in [0.25, 0.3) is 0 Å². The zero-order valence-electron chi connectivity index (χ0n) is 9.33. The van der Waals surface area contributed by atoms with E-state index in [2.05, 4.69) is 32.9 Å². The molecule has 14 heavy (non-hydrogen) atoms. The molecule has 0 aliphatic carbocycles. The standard InChI is InChI=1S/C12H18O.H3N/c1-12(2,3)11(13)9-10-7-5-4-6-8-10;/h4-8,11,13H,9H2,1-3H3;1H3. The fraction of sp³-hybridized carbons (Fsp3) is 0.500. The molecule has 0 fully saturated rings. The quantitative estimate of drug-likeness (QED) is 0.762. The second-order valence-corrected chi connectivity index (χ2v) is 4.57. The molecule has 1 aromatic rings. The summed E-state index contributed by atoms with van der Waals surface area (Å²) < 4.78 is 0. The van der Waals surface area contributed by atoms with Crippen molar-refractivity contribution in [2.45, 2.75) is 33.3 Å². The second kappa shape index (κ2) is 5.13. The Morgan fingerprint density at radius 1 is 1.14 bits per heavy atom. The monoisotopic (exact) mass is 195 g/mol. The van der Waals surface area contributed by atoms with E-state index >= 15 is 0 Å². The molecule has 1 unspecified atom stereocenters. The minimum Gasteiger partial charge on any atom is -0.392 e. The Morgan fingerprint density at radius 3 is 2.07 bits per heavy atom. The first kappa shape index (κ1) is 13.1. The smallest absolute Gasteiger partial charge is 0.0628 e. The summed E-state index contributed by atoms with van der Waals surface area (Å²) in [6.45, 7) is 6.17. The molecule has 0 aliphatic rings. The van der Waals surface area contributed by atoms with E-state index in [1.165, 1.54) is 5.56 Å². The zero-order chi connectivity index (χ0) is 9.90. The fourth-order valence-electron chi connectivity index (χ4n) is 1.14. The van der Waals surface area contributed by atoms with Crippen molar-refractivity contribution < 1.29 is 5.11 Å². The van der Waals surface area contributed by atoms with Gasteiger partial charge >= 0.3 is 0 Å². The van der Waals surface area contributed by atoms with Crippen LogP contribution in [0.3, 0.4) is 0 Å². The highest BCUT2D eigenvalue weighted by Gasteiger charge is 2.21. The van der Waals surface area contributed by atoms with Crippen LogP contribution in [0.1, 0.15) is 26.3 Å². The van der Waals surface area contributed by atoms with E-state index in [4.69, 9.17) is 0 Å². The predicted molar refractivity (Wildman–Crippen MR) is 60.6 cm³/mol. The van der Waals surface area contributed by atoms with E-state index in [1.807, 2.05) is 18.2 Å². The lowest BCUT2D eigenvalue weighted by molar-refractivity contribution is 0.0636. The topological polar surface area (TPSA) is 55.2 Å². The van der Waals surface area contributed by atoms with Crippen molar-refractivity contribution in [2.24, 2.45) is 5.41 Å². The molecule has 2 heteroatoms. The van der Waals surface area contributed by atoms with Gasteiger partial charge in [0.1, 0.15) is 0 Å². The Bertz CT molecular complexity index is 251. The van der Waals surface area contributed by atoms with Gasteiger partial charge in [0.2, 0.25) is 0 Å². The van der Waals surface area contributed by atoms with Crippen LogP contribution in [-0.4, -0.2) is 11.2 Å². The molecule has 0 radical (unpaired) electrons.